The first-order valence-electron chi connectivity index (χ1n) is 11.7. The van der Waals surface area contributed by atoms with Crippen LogP contribution in [0.15, 0.2) is 48.7 Å². The average molecular weight is 472 g/mol. The van der Waals surface area contributed by atoms with E-state index in [9.17, 15) is 9.59 Å². The fourth-order valence-electron chi connectivity index (χ4n) is 4.23. The molecular weight excluding hydrogens is 442 g/mol. The number of amides is 2. The van der Waals surface area contributed by atoms with Crippen molar-refractivity contribution >= 4 is 23.5 Å². The van der Waals surface area contributed by atoms with E-state index in [1.165, 1.54) is 16.4 Å². The van der Waals surface area contributed by atoms with Gasteiger partial charge in [-0.05, 0) is 62.4 Å². The Balaban J connectivity index is 1.36. The Labute approximate surface area is 204 Å². The number of hydrogen-bond acceptors (Lipinski definition) is 6. The van der Waals surface area contributed by atoms with Gasteiger partial charge in [-0.3, -0.25) is 14.3 Å². The van der Waals surface area contributed by atoms with E-state index in [-0.39, 0.29) is 17.9 Å². The van der Waals surface area contributed by atoms with Crippen molar-refractivity contribution in [3.05, 3.63) is 71.0 Å². The molecule has 2 N–H and O–H groups in total. The highest BCUT2D eigenvalue weighted by Crippen LogP contribution is 2.29. The number of rotatable bonds is 6. The van der Waals surface area contributed by atoms with E-state index < -0.39 is 0 Å². The maximum absolute atomic E-state index is 13.1. The molecule has 0 aliphatic carbocycles. The maximum Gasteiger partial charge on any atom is 0.272 e. The molecule has 35 heavy (non-hydrogen) atoms. The van der Waals surface area contributed by atoms with Gasteiger partial charge in [-0.1, -0.05) is 12.1 Å². The van der Waals surface area contributed by atoms with Crippen LogP contribution in [0.1, 0.15) is 64.6 Å². The zero-order valence-electron chi connectivity index (χ0n) is 20.2. The molecule has 2 aromatic heterocycles. The molecule has 0 spiro atoms. The smallest absolute Gasteiger partial charge is 0.272 e. The van der Waals surface area contributed by atoms with Gasteiger partial charge in [0.15, 0.2) is 5.82 Å². The number of piperidine rings is 1. The molecule has 0 radical (unpaired) electrons. The summed E-state index contributed by atoms with van der Waals surface area (Å²) in [4.78, 5) is 31.8. The highest BCUT2D eigenvalue weighted by atomic mass is 16.2. The minimum atomic E-state index is -0.339. The number of aryl methyl sites for hydroxylation is 1. The monoisotopic (exact) mass is 471 g/mol. The lowest BCUT2D eigenvalue weighted by Crippen LogP contribution is -2.38. The number of aromatic nitrogens is 3. The van der Waals surface area contributed by atoms with Gasteiger partial charge < -0.3 is 15.5 Å². The summed E-state index contributed by atoms with van der Waals surface area (Å²) in [6.45, 7) is 5.30. The van der Waals surface area contributed by atoms with Gasteiger partial charge >= 0.3 is 0 Å². The molecule has 0 atom stereocenters. The normalized spacial score (nSPS) is 14.0. The van der Waals surface area contributed by atoms with Crippen LogP contribution in [0.5, 0.6) is 0 Å². The van der Waals surface area contributed by atoms with E-state index in [2.05, 4.69) is 26.8 Å². The number of hydrogen-bond donors (Lipinski definition) is 2. The Bertz CT molecular complexity index is 1230. The Kier molecular flexibility index (Phi) is 7.11. The van der Waals surface area contributed by atoms with Gasteiger partial charge in [0.05, 0.1) is 17.2 Å². The molecule has 1 aliphatic heterocycles. The number of nitrogens with one attached hydrogen (secondary N) is 2. The quantitative estimate of drug-likeness (QED) is 0.565. The van der Waals surface area contributed by atoms with Crippen LogP contribution >= 0.6 is 0 Å². The van der Waals surface area contributed by atoms with E-state index in [0.29, 0.717) is 47.5 Å². The summed E-state index contributed by atoms with van der Waals surface area (Å²) < 4.78 is 1.50. The molecule has 1 saturated heterocycles. The van der Waals surface area contributed by atoms with Gasteiger partial charge in [0.1, 0.15) is 11.5 Å². The van der Waals surface area contributed by atoms with Gasteiger partial charge in [-0.15, -0.1) is 0 Å². The highest BCUT2D eigenvalue weighted by molar-refractivity contribution is 6.04. The van der Waals surface area contributed by atoms with E-state index in [4.69, 9.17) is 5.26 Å². The second-order valence-corrected chi connectivity index (χ2v) is 9.02. The Morgan fingerprint density at radius 3 is 2.40 bits per heavy atom. The number of nitrogens with zero attached hydrogens (tertiary/aromatic N) is 5. The predicted molar refractivity (Wildman–Crippen MR) is 133 cm³/mol. The van der Waals surface area contributed by atoms with Crippen LogP contribution < -0.4 is 10.6 Å². The molecule has 0 bridgehead atoms. The van der Waals surface area contributed by atoms with Crippen molar-refractivity contribution in [1.82, 2.24) is 19.7 Å². The lowest BCUT2D eigenvalue weighted by molar-refractivity contribution is 0.0701. The van der Waals surface area contributed by atoms with Crippen molar-refractivity contribution < 1.29 is 9.59 Å². The number of nitriles is 1. The standard InChI is InChI=1S/C26H29N7O2/c1-17(2)29-23-9-8-21(16-28-23)25(34)30-24-14-22(32(3)31-24)26(35)33-12-10-20(11-13-33)19-6-4-18(15-27)5-7-19/h4-9,14,16-17,20H,10-13H2,1-3H3,(H,28,29)(H,30,31,34). The summed E-state index contributed by atoms with van der Waals surface area (Å²) in [5.41, 5.74) is 2.68. The van der Waals surface area contributed by atoms with Crippen molar-refractivity contribution in [3.63, 3.8) is 0 Å². The maximum atomic E-state index is 13.1. The van der Waals surface area contributed by atoms with E-state index in [0.717, 1.165) is 12.8 Å². The molecule has 1 aliphatic rings. The predicted octanol–water partition coefficient (Wildman–Crippen LogP) is 3.78. The van der Waals surface area contributed by atoms with Gasteiger partial charge in [0.2, 0.25) is 0 Å². The Hall–Kier alpha value is -4.19. The minimum Gasteiger partial charge on any atom is -0.368 e. The highest BCUT2D eigenvalue weighted by Gasteiger charge is 2.27. The van der Waals surface area contributed by atoms with Crippen LogP contribution in [0.2, 0.25) is 0 Å². The summed E-state index contributed by atoms with van der Waals surface area (Å²) in [5.74, 6) is 0.935. The van der Waals surface area contributed by atoms with E-state index in [1.807, 2.05) is 43.0 Å². The van der Waals surface area contributed by atoms with Gasteiger partial charge in [0, 0.05) is 38.4 Å². The molecule has 1 fully saturated rings. The van der Waals surface area contributed by atoms with Crippen LogP contribution in [0.25, 0.3) is 0 Å². The lowest BCUT2D eigenvalue weighted by Gasteiger charge is -2.32. The largest absolute Gasteiger partial charge is 0.368 e. The average Bonchev–Trinajstić information content (AvgIpc) is 3.23. The number of carbonyl (C=O) groups excluding carboxylic acids is 2. The fourth-order valence-corrected chi connectivity index (χ4v) is 4.23. The zero-order valence-corrected chi connectivity index (χ0v) is 20.2. The van der Waals surface area contributed by atoms with Crippen LogP contribution in [-0.2, 0) is 7.05 Å². The molecule has 0 unspecified atom stereocenters. The number of likely N-dealkylation sites (tertiary alicyclic amines) is 1. The first-order valence-corrected chi connectivity index (χ1v) is 11.7. The van der Waals surface area contributed by atoms with Gasteiger partial charge in [-0.2, -0.15) is 10.4 Å². The number of anilines is 2. The Morgan fingerprint density at radius 2 is 1.80 bits per heavy atom. The van der Waals surface area contributed by atoms with Gasteiger partial charge in [-0.25, -0.2) is 4.98 Å². The summed E-state index contributed by atoms with van der Waals surface area (Å²) in [5, 5.41) is 19.2. The number of carbonyl (C=O) groups is 2. The molecule has 2 amide bonds. The van der Waals surface area contributed by atoms with E-state index in [1.54, 1.807) is 25.2 Å². The molecule has 9 nitrogen and oxygen atoms in total. The second-order valence-electron chi connectivity index (χ2n) is 9.02. The second kappa shape index (κ2) is 10.4. The van der Waals surface area contributed by atoms with Crippen molar-refractivity contribution in [2.75, 3.05) is 23.7 Å². The number of benzene rings is 1. The SMILES string of the molecule is CC(C)Nc1ccc(C(=O)Nc2cc(C(=O)N3CCC(c4ccc(C#N)cc4)CC3)n(C)n2)cn1. The molecule has 180 valence electrons. The first-order chi connectivity index (χ1) is 16.8. The molecule has 4 rings (SSSR count). The van der Waals surface area contributed by atoms with Gasteiger partial charge in [0.25, 0.3) is 11.8 Å². The molecule has 3 heterocycles. The van der Waals surface area contributed by atoms with Crippen LogP contribution in [-0.4, -0.2) is 50.6 Å². The summed E-state index contributed by atoms with van der Waals surface area (Å²) in [7, 11) is 1.69. The zero-order chi connectivity index (χ0) is 24.9. The lowest BCUT2D eigenvalue weighted by atomic mass is 9.89. The van der Waals surface area contributed by atoms with Crippen molar-refractivity contribution in [2.45, 2.75) is 38.6 Å². The topological polar surface area (TPSA) is 116 Å². The fraction of sp³-hybridized carbons (Fsp3) is 0.346. The molecule has 1 aromatic carbocycles. The third-order valence-electron chi connectivity index (χ3n) is 6.10. The van der Waals surface area contributed by atoms with E-state index >= 15 is 0 Å². The molecular formula is C26H29N7O2. The van der Waals surface area contributed by atoms with Crippen LogP contribution in [0, 0.1) is 11.3 Å². The first kappa shape index (κ1) is 24.0. The molecule has 3 aromatic rings. The summed E-state index contributed by atoms with van der Waals surface area (Å²) in [6, 6.07) is 15.1. The molecule has 9 heteroatoms. The third kappa shape index (κ3) is 5.66. The molecule has 0 saturated carbocycles. The van der Waals surface area contributed by atoms with Crippen molar-refractivity contribution in [2.24, 2.45) is 7.05 Å². The summed E-state index contributed by atoms with van der Waals surface area (Å²) >= 11 is 0. The van der Waals surface area contributed by atoms with Crippen LogP contribution in [0.3, 0.4) is 0 Å². The number of pyridine rings is 1. The third-order valence-corrected chi connectivity index (χ3v) is 6.10. The summed E-state index contributed by atoms with van der Waals surface area (Å²) in [6.07, 6.45) is 3.22. The minimum absolute atomic E-state index is 0.107. The van der Waals surface area contributed by atoms with Crippen molar-refractivity contribution in [3.8, 4) is 6.07 Å². The van der Waals surface area contributed by atoms with Crippen LogP contribution in [0.4, 0.5) is 11.6 Å². The Morgan fingerprint density at radius 1 is 1.09 bits per heavy atom. The van der Waals surface area contributed by atoms with Crippen molar-refractivity contribution in [1.29, 1.82) is 5.26 Å².